The Morgan fingerprint density at radius 1 is 1.23 bits per heavy atom. The van der Waals surface area contributed by atoms with E-state index in [2.05, 4.69) is 0 Å². The topological polar surface area (TPSA) is 55.8 Å². The molecule has 1 amide bonds. The molecule has 0 saturated carbocycles. The minimum absolute atomic E-state index is 0.171. The van der Waals surface area contributed by atoms with Crippen LogP contribution in [0.2, 0.25) is 0 Å². The van der Waals surface area contributed by atoms with Gasteiger partial charge in [-0.2, -0.15) is 0 Å². The molecule has 0 N–H and O–H groups in total. The van der Waals surface area contributed by atoms with Crippen LogP contribution in [0.5, 0.6) is 0 Å². The number of methoxy groups -OCH3 is 1. The lowest BCUT2D eigenvalue weighted by Crippen LogP contribution is -2.47. The summed E-state index contributed by atoms with van der Waals surface area (Å²) in [6.45, 7) is 5.95. The van der Waals surface area contributed by atoms with Crippen molar-refractivity contribution in [1.29, 1.82) is 0 Å². The molecule has 0 unspecified atom stereocenters. The van der Waals surface area contributed by atoms with Crippen molar-refractivity contribution in [3.63, 3.8) is 0 Å². The first kappa shape index (κ1) is 16.3. The summed E-state index contributed by atoms with van der Waals surface area (Å²) in [5, 5.41) is 0. The molecule has 1 heterocycles. The van der Waals surface area contributed by atoms with E-state index in [-0.39, 0.29) is 18.4 Å². The first-order chi connectivity index (χ1) is 10.3. The number of carbonyl (C=O) groups is 2. The molecule has 5 heteroatoms. The average molecular weight is 305 g/mol. The summed E-state index contributed by atoms with van der Waals surface area (Å²) >= 11 is 0. The number of carbonyl (C=O) groups excluding carboxylic acids is 2. The predicted molar refractivity (Wildman–Crippen MR) is 82.3 cm³/mol. The fraction of sp³-hybridized carbons (Fsp3) is 0.529. The Hall–Kier alpha value is -2.04. The van der Waals surface area contributed by atoms with Crippen molar-refractivity contribution in [2.45, 2.75) is 51.8 Å². The van der Waals surface area contributed by atoms with Gasteiger partial charge in [0.15, 0.2) is 0 Å². The molecule has 0 aliphatic carbocycles. The Labute approximate surface area is 131 Å². The summed E-state index contributed by atoms with van der Waals surface area (Å²) in [5.74, 6) is -0.321. The molecule has 0 fully saturated rings. The standard InChI is InChI=1S/C17H23NO4/c1-17(2,3)22-16(20)18-11-13-8-6-5-7-12(13)9-14(18)10-15(19)21-4/h5-8,14H,9-11H2,1-4H3/t14-/m0/s1. The van der Waals surface area contributed by atoms with Crippen molar-refractivity contribution in [1.82, 2.24) is 4.90 Å². The maximum absolute atomic E-state index is 12.5. The van der Waals surface area contributed by atoms with Gasteiger partial charge in [0.25, 0.3) is 0 Å². The summed E-state index contributed by atoms with van der Waals surface area (Å²) in [6.07, 6.45) is 0.408. The van der Waals surface area contributed by atoms with Crippen molar-refractivity contribution in [2.75, 3.05) is 7.11 Å². The number of benzene rings is 1. The van der Waals surface area contributed by atoms with Crippen molar-refractivity contribution < 1.29 is 19.1 Å². The van der Waals surface area contributed by atoms with Crippen LogP contribution in [0.3, 0.4) is 0 Å². The number of rotatable bonds is 2. The minimum Gasteiger partial charge on any atom is -0.469 e. The average Bonchev–Trinajstić information content (AvgIpc) is 2.44. The minimum atomic E-state index is -0.566. The van der Waals surface area contributed by atoms with Crippen LogP contribution in [0.15, 0.2) is 24.3 Å². The number of fused-ring (bicyclic) bond motifs is 1. The molecule has 1 aliphatic rings. The van der Waals surface area contributed by atoms with Gasteiger partial charge in [-0.3, -0.25) is 9.69 Å². The van der Waals surface area contributed by atoms with Crippen LogP contribution in [0.1, 0.15) is 38.3 Å². The second kappa shape index (κ2) is 6.38. The van der Waals surface area contributed by atoms with Crippen LogP contribution in [0.4, 0.5) is 4.79 Å². The van der Waals surface area contributed by atoms with Crippen molar-refractivity contribution in [2.24, 2.45) is 0 Å². The molecule has 0 spiro atoms. The van der Waals surface area contributed by atoms with E-state index in [1.165, 1.54) is 7.11 Å². The molecule has 1 aromatic carbocycles. The highest BCUT2D eigenvalue weighted by Gasteiger charge is 2.34. The Morgan fingerprint density at radius 3 is 2.45 bits per heavy atom. The monoisotopic (exact) mass is 305 g/mol. The number of ether oxygens (including phenoxy) is 2. The lowest BCUT2D eigenvalue weighted by atomic mass is 9.92. The molecule has 1 atom stereocenters. The van der Waals surface area contributed by atoms with Gasteiger partial charge in [-0.05, 0) is 38.3 Å². The number of esters is 1. The zero-order chi connectivity index (χ0) is 16.3. The number of hydrogen-bond acceptors (Lipinski definition) is 4. The summed E-state index contributed by atoms with van der Waals surface area (Å²) < 4.78 is 10.2. The smallest absolute Gasteiger partial charge is 0.410 e. The summed E-state index contributed by atoms with van der Waals surface area (Å²) in [5.41, 5.74) is 1.69. The number of amides is 1. The van der Waals surface area contributed by atoms with Gasteiger partial charge < -0.3 is 9.47 Å². The Kier molecular flexibility index (Phi) is 4.74. The predicted octanol–water partition coefficient (Wildman–Crippen LogP) is 2.91. The van der Waals surface area contributed by atoms with Crippen LogP contribution >= 0.6 is 0 Å². The molecule has 1 aromatic rings. The highest BCUT2D eigenvalue weighted by molar-refractivity contribution is 5.73. The van der Waals surface area contributed by atoms with Crippen LogP contribution in [-0.4, -0.2) is 35.7 Å². The molecule has 5 nitrogen and oxygen atoms in total. The molecule has 2 rings (SSSR count). The van der Waals surface area contributed by atoms with Crippen molar-refractivity contribution >= 4 is 12.1 Å². The largest absolute Gasteiger partial charge is 0.469 e. The van der Waals surface area contributed by atoms with Gasteiger partial charge >= 0.3 is 12.1 Å². The third kappa shape index (κ3) is 4.00. The van der Waals surface area contributed by atoms with E-state index in [4.69, 9.17) is 9.47 Å². The Balaban J connectivity index is 2.23. The van der Waals surface area contributed by atoms with Crippen LogP contribution in [0, 0.1) is 0 Å². The van der Waals surface area contributed by atoms with E-state index in [1.54, 1.807) is 4.90 Å². The van der Waals surface area contributed by atoms with Crippen LogP contribution in [0.25, 0.3) is 0 Å². The highest BCUT2D eigenvalue weighted by atomic mass is 16.6. The zero-order valence-electron chi connectivity index (χ0n) is 13.6. The lowest BCUT2D eigenvalue weighted by molar-refractivity contribution is -0.142. The molecule has 1 aliphatic heterocycles. The van der Waals surface area contributed by atoms with Crippen molar-refractivity contribution in [3.05, 3.63) is 35.4 Å². The number of hydrogen-bond donors (Lipinski definition) is 0. The normalized spacial score (nSPS) is 17.6. The maximum atomic E-state index is 12.5. The molecule has 0 bridgehead atoms. The second-order valence-corrected chi connectivity index (χ2v) is 6.52. The quantitative estimate of drug-likeness (QED) is 0.788. The van der Waals surface area contributed by atoms with E-state index in [1.807, 2.05) is 45.0 Å². The Morgan fingerprint density at radius 2 is 1.86 bits per heavy atom. The van der Waals surface area contributed by atoms with Crippen LogP contribution < -0.4 is 0 Å². The van der Waals surface area contributed by atoms with E-state index in [0.29, 0.717) is 13.0 Å². The highest BCUT2D eigenvalue weighted by Crippen LogP contribution is 2.27. The van der Waals surface area contributed by atoms with E-state index in [0.717, 1.165) is 11.1 Å². The summed E-state index contributed by atoms with van der Waals surface area (Å²) in [7, 11) is 1.36. The van der Waals surface area contributed by atoms with Gasteiger partial charge in [0, 0.05) is 12.6 Å². The maximum Gasteiger partial charge on any atom is 0.410 e. The van der Waals surface area contributed by atoms with E-state index in [9.17, 15) is 9.59 Å². The summed E-state index contributed by atoms with van der Waals surface area (Å²) in [6, 6.07) is 7.72. The summed E-state index contributed by atoms with van der Waals surface area (Å²) in [4.78, 5) is 25.7. The SMILES string of the molecule is COC(=O)C[C@@H]1Cc2ccccc2CN1C(=O)OC(C)(C)C. The Bertz CT molecular complexity index is 562. The van der Waals surface area contributed by atoms with Gasteiger partial charge in [-0.25, -0.2) is 4.79 Å². The lowest BCUT2D eigenvalue weighted by Gasteiger charge is -2.37. The van der Waals surface area contributed by atoms with Gasteiger partial charge in [0.1, 0.15) is 5.60 Å². The van der Waals surface area contributed by atoms with Crippen molar-refractivity contribution in [3.8, 4) is 0 Å². The number of nitrogens with zero attached hydrogens (tertiary/aromatic N) is 1. The fourth-order valence-electron chi connectivity index (χ4n) is 2.58. The molecule has 0 radical (unpaired) electrons. The third-order valence-corrected chi connectivity index (χ3v) is 3.61. The zero-order valence-corrected chi connectivity index (χ0v) is 13.6. The second-order valence-electron chi connectivity index (χ2n) is 6.52. The van der Waals surface area contributed by atoms with Gasteiger partial charge in [0.2, 0.25) is 0 Å². The van der Waals surface area contributed by atoms with E-state index < -0.39 is 11.7 Å². The molecular weight excluding hydrogens is 282 g/mol. The van der Waals surface area contributed by atoms with Gasteiger partial charge in [-0.1, -0.05) is 24.3 Å². The van der Waals surface area contributed by atoms with Crippen LogP contribution in [-0.2, 0) is 27.2 Å². The molecular formula is C17H23NO4. The molecule has 0 saturated heterocycles. The first-order valence-electron chi connectivity index (χ1n) is 7.43. The van der Waals surface area contributed by atoms with E-state index >= 15 is 0 Å². The first-order valence-corrected chi connectivity index (χ1v) is 7.43. The van der Waals surface area contributed by atoms with Gasteiger partial charge in [-0.15, -0.1) is 0 Å². The van der Waals surface area contributed by atoms with Gasteiger partial charge in [0.05, 0.1) is 13.5 Å². The third-order valence-electron chi connectivity index (χ3n) is 3.61. The molecule has 22 heavy (non-hydrogen) atoms. The molecule has 120 valence electrons. The fourth-order valence-corrected chi connectivity index (χ4v) is 2.58. The molecule has 0 aromatic heterocycles.